The molecule has 1 amide bonds. The van der Waals surface area contributed by atoms with E-state index in [1.807, 2.05) is 18.2 Å². The van der Waals surface area contributed by atoms with Gasteiger partial charge in [0.15, 0.2) is 0 Å². The summed E-state index contributed by atoms with van der Waals surface area (Å²) in [5.74, 6) is 1.80. The SMILES string of the molecule is CCN(CC(=O)N[C@H]1C[C@@H]2CC[C@@H]1C2)c1ccccc1. The van der Waals surface area contributed by atoms with Crippen LogP contribution >= 0.6 is 0 Å². The second-order valence-electron chi connectivity index (χ2n) is 6.20. The van der Waals surface area contributed by atoms with Gasteiger partial charge in [0.2, 0.25) is 5.91 Å². The molecule has 0 heterocycles. The van der Waals surface area contributed by atoms with E-state index < -0.39 is 0 Å². The highest BCUT2D eigenvalue weighted by molar-refractivity contribution is 5.81. The fourth-order valence-corrected chi connectivity index (χ4v) is 3.87. The van der Waals surface area contributed by atoms with E-state index in [1.54, 1.807) is 0 Å². The van der Waals surface area contributed by atoms with Gasteiger partial charge in [0.1, 0.15) is 0 Å². The van der Waals surface area contributed by atoms with Crippen molar-refractivity contribution in [2.75, 3.05) is 18.0 Å². The molecule has 2 fully saturated rings. The zero-order valence-corrected chi connectivity index (χ0v) is 12.2. The minimum atomic E-state index is 0.174. The first-order valence-electron chi connectivity index (χ1n) is 7.85. The standard InChI is InChI=1S/C17H24N2O/c1-2-19(15-6-4-3-5-7-15)12-17(20)18-16-11-13-8-9-14(16)10-13/h3-7,13-14,16H,2,8-12H2,1H3,(H,18,20)/t13-,14-,16+/m1/s1. The van der Waals surface area contributed by atoms with Gasteiger partial charge >= 0.3 is 0 Å². The molecule has 2 aliphatic rings. The molecule has 3 rings (SSSR count). The van der Waals surface area contributed by atoms with E-state index in [9.17, 15) is 4.79 Å². The molecule has 0 radical (unpaired) electrons. The lowest BCUT2D eigenvalue weighted by molar-refractivity contribution is -0.120. The molecule has 0 aliphatic heterocycles. The van der Waals surface area contributed by atoms with Crippen molar-refractivity contribution < 1.29 is 4.79 Å². The number of hydrogen-bond donors (Lipinski definition) is 1. The maximum absolute atomic E-state index is 12.3. The lowest BCUT2D eigenvalue weighted by atomic mass is 9.95. The van der Waals surface area contributed by atoms with E-state index in [2.05, 4.69) is 29.3 Å². The number of benzene rings is 1. The molecule has 0 saturated heterocycles. The molecule has 108 valence electrons. The summed E-state index contributed by atoms with van der Waals surface area (Å²) < 4.78 is 0. The summed E-state index contributed by atoms with van der Waals surface area (Å²) in [7, 11) is 0. The first kappa shape index (κ1) is 13.5. The molecule has 3 heteroatoms. The molecule has 3 atom stereocenters. The Bertz CT molecular complexity index is 459. The molecule has 20 heavy (non-hydrogen) atoms. The van der Waals surface area contributed by atoms with Crippen LogP contribution in [-0.4, -0.2) is 25.0 Å². The normalized spacial score (nSPS) is 27.6. The first-order chi connectivity index (χ1) is 9.76. The van der Waals surface area contributed by atoms with Gasteiger partial charge in [-0.15, -0.1) is 0 Å². The quantitative estimate of drug-likeness (QED) is 0.894. The van der Waals surface area contributed by atoms with Crippen molar-refractivity contribution in [3.05, 3.63) is 30.3 Å². The van der Waals surface area contributed by atoms with E-state index >= 15 is 0 Å². The predicted octanol–water partition coefficient (Wildman–Crippen LogP) is 2.82. The number of anilines is 1. The lowest BCUT2D eigenvalue weighted by Crippen LogP contribution is -2.44. The van der Waals surface area contributed by atoms with Gasteiger partial charge in [-0.3, -0.25) is 4.79 Å². The monoisotopic (exact) mass is 272 g/mol. The van der Waals surface area contributed by atoms with Crippen LogP contribution in [-0.2, 0) is 4.79 Å². The summed E-state index contributed by atoms with van der Waals surface area (Å²) in [6, 6.07) is 10.6. The van der Waals surface area contributed by atoms with Crippen molar-refractivity contribution in [1.29, 1.82) is 0 Å². The number of amides is 1. The second kappa shape index (κ2) is 5.86. The van der Waals surface area contributed by atoms with Crippen molar-refractivity contribution in [2.45, 2.75) is 38.6 Å². The summed E-state index contributed by atoms with van der Waals surface area (Å²) in [4.78, 5) is 14.4. The molecule has 1 aromatic carbocycles. The van der Waals surface area contributed by atoms with Crippen LogP contribution in [0.15, 0.2) is 30.3 Å². The van der Waals surface area contributed by atoms with Crippen molar-refractivity contribution in [3.8, 4) is 0 Å². The molecule has 2 aliphatic carbocycles. The molecule has 1 N–H and O–H groups in total. The third-order valence-corrected chi connectivity index (χ3v) is 4.92. The number of rotatable bonds is 5. The highest BCUT2D eigenvalue weighted by atomic mass is 16.2. The molecule has 0 aromatic heterocycles. The summed E-state index contributed by atoms with van der Waals surface area (Å²) in [5.41, 5.74) is 1.12. The van der Waals surface area contributed by atoms with Gasteiger partial charge in [-0.05, 0) is 50.2 Å². The number of carbonyl (C=O) groups is 1. The van der Waals surface area contributed by atoms with Crippen LogP contribution < -0.4 is 10.2 Å². The smallest absolute Gasteiger partial charge is 0.239 e. The largest absolute Gasteiger partial charge is 0.363 e. The van der Waals surface area contributed by atoms with Crippen molar-refractivity contribution in [3.63, 3.8) is 0 Å². The molecule has 2 bridgehead atoms. The van der Waals surface area contributed by atoms with Crippen molar-refractivity contribution in [2.24, 2.45) is 11.8 Å². The molecule has 1 aromatic rings. The number of fused-ring (bicyclic) bond motifs is 2. The van der Waals surface area contributed by atoms with Gasteiger partial charge in [-0.25, -0.2) is 0 Å². The lowest BCUT2D eigenvalue weighted by Gasteiger charge is -2.26. The van der Waals surface area contributed by atoms with E-state index in [-0.39, 0.29) is 5.91 Å². The average molecular weight is 272 g/mol. The Hall–Kier alpha value is -1.51. The van der Waals surface area contributed by atoms with Crippen LogP contribution in [0.2, 0.25) is 0 Å². The maximum Gasteiger partial charge on any atom is 0.239 e. The number of carbonyl (C=O) groups excluding carboxylic acids is 1. The van der Waals surface area contributed by atoms with E-state index in [4.69, 9.17) is 0 Å². The number of hydrogen-bond acceptors (Lipinski definition) is 2. The fourth-order valence-electron chi connectivity index (χ4n) is 3.87. The first-order valence-corrected chi connectivity index (χ1v) is 7.85. The summed E-state index contributed by atoms with van der Waals surface area (Å²) >= 11 is 0. The average Bonchev–Trinajstić information content (AvgIpc) is 3.08. The highest BCUT2D eigenvalue weighted by Crippen LogP contribution is 2.44. The van der Waals surface area contributed by atoms with E-state index in [0.29, 0.717) is 12.6 Å². The van der Waals surface area contributed by atoms with Gasteiger partial charge in [0.25, 0.3) is 0 Å². The van der Waals surface area contributed by atoms with Gasteiger partial charge in [-0.1, -0.05) is 24.6 Å². The summed E-state index contributed by atoms with van der Waals surface area (Å²) in [6.45, 7) is 3.42. The third kappa shape index (κ3) is 2.82. The van der Waals surface area contributed by atoms with E-state index in [0.717, 1.165) is 24.1 Å². The molecular weight excluding hydrogens is 248 g/mol. The summed E-state index contributed by atoms with van der Waals surface area (Å²) in [5, 5.41) is 3.26. The van der Waals surface area contributed by atoms with Crippen LogP contribution in [0.1, 0.15) is 32.6 Å². The Kier molecular flexibility index (Phi) is 3.95. The van der Waals surface area contributed by atoms with Crippen LogP contribution in [0.5, 0.6) is 0 Å². The minimum absolute atomic E-state index is 0.174. The van der Waals surface area contributed by atoms with Crippen LogP contribution in [0.4, 0.5) is 5.69 Å². The number of para-hydroxylation sites is 1. The van der Waals surface area contributed by atoms with E-state index in [1.165, 1.54) is 25.7 Å². The predicted molar refractivity (Wildman–Crippen MR) is 81.7 cm³/mol. The number of nitrogens with zero attached hydrogens (tertiary/aromatic N) is 1. The highest BCUT2D eigenvalue weighted by Gasteiger charge is 2.40. The Morgan fingerprint density at radius 1 is 1.25 bits per heavy atom. The Morgan fingerprint density at radius 2 is 2.05 bits per heavy atom. The zero-order valence-electron chi connectivity index (χ0n) is 12.2. The van der Waals surface area contributed by atoms with Crippen molar-refractivity contribution in [1.82, 2.24) is 5.32 Å². The number of likely N-dealkylation sites (N-methyl/N-ethyl adjacent to an activating group) is 1. The van der Waals surface area contributed by atoms with Gasteiger partial charge in [-0.2, -0.15) is 0 Å². The van der Waals surface area contributed by atoms with Gasteiger partial charge in [0.05, 0.1) is 6.54 Å². The van der Waals surface area contributed by atoms with Gasteiger partial charge in [0, 0.05) is 18.3 Å². The molecule has 3 nitrogen and oxygen atoms in total. The molecule has 2 saturated carbocycles. The fraction of sp³-hybridized carbons (Fsp3) is 0.588. The second-order valence-corrected chi connectivity index (χ2v) is 6.20. The topological polar surface area (TPSA) is 32.3 Å². The molecule has 0 spiro atoms. The Balaban J connectivity index is 1.55. The third-order valence-electron chi connectivity index (χ3n) is 4.92. The Labute approximate surface area is 121 Å². The maximum atomic E-state index is 12.3. The summed E-state index contributed by atoms with van der Waals surface area (Å²) in [6.07, 6.45) is 5.23. The van der Waals surface area contributed by atoms with Crippen LogP contribution in [0.25, 0.3) is 0 Å². The molecular formula is C17H24N2O. The molecule has 0 unspecified atom stereocenters. The zero-order chi connectivity index (χ0) is 13.9. The van der Waals surface area contributed by atoms with Gasteiger partial charge < -0.3 is 10.2 Å². The minimum Gasteiger partial charge on any atom is -0.363 e. The van der Waals surface area contributed by atoms with Crippen LogP contribution in [0.3, 0.4) is 0 Å². The van der Waals surface area contributed by atoms with Crippen molar-refractivity contribution >= 4 is 11.6 Å². The Morgan fingerprint density at radius 3 is 2.65 bits per heavy atom. The number of nitrogens with one attached hydrogen (secondary N) is 1. The van der Waals surface area contributed by atoms with Crippen LogP contribution in [0, 0.1) is 11.8 Å².